The van der Waals surface area contributed by atoms with Gasteiger partial charge in [-0.1, -0.05) is 0 Å². The third-order valence-corrected chi connectivity index (χ3v) is 3.91. The van der Waals surface area contributed by atoms with Crippen molar-refractivity contribution in [3.8, 4) is 0 Å². The summed E-state index contributed by atoms with van der Waals surface area (Å²) >= 11 is 2.00. The summed E-state index contributed by atoms with van der Waals surface area (Å²) in [4.78, 5) is 28.9. The van der Waals surface area contributed by atoms with Crippen molar-refractivity contribution < 1.29 is 14.0 Å². The van der Waals surface area contributed by atoms with Gasteiger partial charge >= 0.3 is 0 Å². The van der Waals surface area contributed by atoms with Crippen molar-refractivity contribution in [2.45, 2.75) is 6.92 Å². The Labute approximate surface area is 145 Å². The van der Waals surface area contributed by atoms with Crippen LogP contribution >= 0.6 is 22.6 Å². The van der Waals surface area contributed by atoms with E-state index in [0.717, 1.165) is 3.57 Å². The van der Waals surface area contributed by atoms with E-state index in [9.17, 15) is 14.0 Å². The van der Waals surface area contributed by atoms with Crippen LogP contribution in [0.4, 0.5) is 15.8 Å². The summed E-state index contributed by atoms with van der Waals surface area (Å²) in [5.41, 5.74) is 2.80. The van der Waals surface area contributed by atoms with Gasteiger partial charge in [0.05, 0.1) is 24.0 Å². The van der Waals surface area contributed by atoms with Gasteiger partial charge in [-0.3, -0.25) is 14.4 Å². The monoisotopic (exact) mass is 431 g/mol. The minimum Gasteiger partial charge on any atom is -0.352 e. The van der Waals surface area contributed by atoms with Gasteiger partial charge in [-0.2, -0.15) is 0 Å². The van der Waals surface area contributed by atoms with E-state index in [4.69, 9.17) is 0 Å². The molecule has 0 saturated heterocycles. The Morgan fingerprint density at radius 2 is 2.09 bits per heavy atom. The van der Waals surface area contributed by atoms with E-state index < -0.39 is 11.7 Å². The molecule has 1 amide bonds. The molecule has 0 fully saturated rings. The zero-order valence-corrected chi connectivity index (χ0v) is 14.9. The average molecular weight is 431 g/mol. The number of carbonyl (C=O) groups is 1. The average Bonchev–Trinajstić information content (AvgIpc) is 2.50. The van der Waals surface area contributed by atoms with Gasteiger partial charge in [-0.05, 0) is 47.7 Å². The molecule has 0 saturated carbocycles. The maximum Gasteiger partial charge on any atom is 0.278 e. The van der Waals surface area contributed by atoms with Crippen LogP contribution in [0.1, 0.15) is 15.9 Å². The molecule has 2 N–H and O–H groups in total. The second-order valence-corrected chi connectivity index (χ2v) is 6.09. The largest absolute Gasteiger partial charge is 0.352 e. The van der Waals surface area contributed by atoms with Crippen LogP contribution in [0.15, 0.2) is 29.2 Å². The van der Waals surface area contributed by atoms with E-state index in [1.54, 1.807) is 19.1 Å². The summed E-state index contributed by atoms with van der Waals surface area (Å²) in [6, 6.07) is 4.62. The normalized spacial score (nSPS) is 10.5. The Morgan fingerprint density at radius 3 is 2.70 bits per heavy atom. The molecule has 8 heteroatoms. The van der Waals surface area contributed by atoms with E-state index in [1.807, 2.05) is 22.6 Å². The molecule has 1 aromatic carbocycles. The lowest BCUT2D eigenvalue weighted by atomic mass is 10.1. The highest BCUT2D eigenvalue weighted by atomic mass is 127. The molecule has 122 valence electrons. The maximum absolute atomic E-state index is 14.1. The number of hydrogen-bond acceptors (Lipinski definition) is 4. The number of carbonyl (C=O) groups excluding carboxylic acids is 1. The third-order valence-electron chi connectivity index (χ3n) is 3.24. The number of nitrogens with one attached hydrogen (secondary N) is 2. The molecular weight excluding hydrogens is 416 g/mol. The van der Waals surface area contributed by atoms with Gasteiger partial charge in [0.25, 0.3) is 11.5 Å². The number of hydrogen-bond donors (Lipinski definition) is 2. The summed E-state index contributed by atoms with van der Waals surface area (Å²) < 4.78 is 16.1. The predicted molar refractivity (Wildman–Crippen MR) is 93.3 cm³/mol. The van der Waals surface area contributed by atoms with E-state index in [1.165, 1.54) is 31.0 Å². The predicted octanol–water partition coefficient (Wildman–Crippen LogP) is 2.47. The Bertz CT molecular complexity index is 820. The summed E-state index contributed by atoms with van der Waals surface area (Å²) in [5.74, 6) is -1.02. The van der Waals surface area contributed by atoms with E-state index in [-0.39, 0.29) is 22.5 Å². The summed E-state index contributed by atoms with van der Waals surface area (Å²) in [7, 11) is 2.84. The summed E-state index contributed by atoms with van der Waals surface area (Å²) in [6.07, 6.45) is 1.37. The smallest absolute Gasteiger partial charge is 0.278 e. The number of benzene rings is 1. The Hall–Kier alpha value is -1.94. The van der Waals surface area contributed by atoms with Gasteiger partial charge in [0.1, 0.15) is 5.82 Å². The van der Waals surface area contributed by atoms with Crippen molar-refractivity contribution in [2.75, 3.05) is 12.4 Å². The van der Waals surface area contributed by atoms with Crippen LogP contribution in [-0.2, 0) is 11.9 Å². The summed E-state index contributed by atoms with van der Waals surface area (Å²) in [6.45, 7) is 1.57. The van der Waals surface area contributed by atoms with Crippen LogP contribution < -0.4 is 16.4 Å². The number of rotatable bonds is 4. The van der Waals surface area contributed by atoms with Crippen LogP contribution in [0.25, 0.3) is 0 Å². The van der Waals surface area contributed by atoms with Crippen molar-refractivity contribution in [3.63, 3.8) is 0 Å². The number of nitrogens with zero attached hydrogens (tertiary/aromatic N) is 1. The van der Waals surface area contributed by atoms with Crippen molar-refractivity contribution in [2.24, 2.45) is 7.05 Å². The highest BCUT2D eigenvalue weighted by Crippen LogP contribution is 2.25. The first-order valence-electron chi connectivity index (χ1n) is 6.60. The first kappa shape index (κ1) is 17.4. The zero-order valence-electron chi connectivity index (χ0n) is 12.7. The van der Waals surface area contributed by atoms with Gasteiger partial charge in [0.15, 0.2) is 0 Å². The minimum absolute atomic E-state index is 0.171. The van der Waals surface area contributed by atoms with Crippen LogP contribution in [0.3, 0.4) is 0 Å². The van der Waals surface area contributed by atoms with Crippen molar-refractivity contribution in [1.29, 1.82) is 0 Å². The Balaban J connectivity index is 2.57. The fourth-order valence-corrected chi connectivity index (χ4v) is 2.55. The van der Waals surface area contributed by atoms with Gasteiger partial charge in [0, 0.05) is 22.4 Å². The number of pyridine rings is 1. The van der Waals surface area contributed by atoms with Crippen LogP contribution in [0, 0.1) is 16.3 Å². The lowest BCUT2D eigenvalue weighted by Crippen LogP contribution is -2.28. The third kappa shape index (κ3) is 3.70. The first-order valence-corrected chi connectivity index (χ1v) is 7.68. The molecule has 0 aliphatic carbocycles. The number of halogens is 2. The van der Waals surface area contributed by atoms with Crippen LogP contribution in [0.5, 0.6) is 0 Å². The number of amides is 1. The fourth-order valence-electron chi connectivity index (χ4n) is 2.10. The second kappa shape index (κ2) is 7.09. The van der Waals surface area contributed by atoms with Gasteiger partial charge in [-0.25, -0.2) is 9.87 Å². The molecule has 1 aromatic heterocycles. The number of hydroxylamine groups is 1. The zero-order chi connectivity index (χ0) is 17.1. The minimum atomic E-state index is -0.542. The van der Waals surface area contributed by atoms with Gasteiger partial charge < -0.3 is 9.88 Å². The molecule has 0 unspecified atom stereocenters. The number of anilines is 2. The molecular formula is C15H15FIN3O3. The maximum atomic E-state index is 14.1. The molecule has 0 bridgehead atoms. The topological polar surface area (TPSA) is 72.4 Å². The van der Waals surface area contributed by atoms with Gasteiger partial charge in [0.2, 0.25) is 0 Å². The molecule has 0 aliphatic heterocycles. The number of aryl methyl sites for hydroxylation is 1. The molecule has 1 heterocycles. The molecule has 0 atom stereocenters. The lowest BCUT2D eigenvalue weighted by molar-refractivity contribution is 0.0537. The van der Waals surface area contributed by atoms with E-state index in [0.29, 0.717) is 5.56 Å². The number of aromatic nitrogens is 1. The van der Waals surface area contributed by atoms with E-state index in [2.05, 4.69) is 15.6 Å². The molecule has 2 rings (SSSR count). The Kier molecular flexibility index (Phi) is 5.37. The van der Waals surface area contributed by atoms with Gasteiger partial charge in [-0.15, -0.1) is 0 Å². The molecule has 0 radical (unpaired) electrons. The Morgan fingerprint density at radius 1 is 1.39 bits per heavy atom. The second-order valence-electron chi connectivity index (χ2n) is 4.84. The molecule has 0 spiro atoms. The van der Waals surface area contributed by atoms with Crippen molar-refractivity contribution in [1.82, 2.24) is 10.0 Å². The molecule has 2 aromatic rings. The molecule has 6 nitrogen and oxygen atoms in total. The quantitative estimate of drug-likeness (QED) is 0.577. The first-order chi connectivity index (χ1) is 10.8. The summed E-state index contributed by atoms with van der Waals surface area (Å²) in [5, 5.41) is 2.84. The molecule has 0 aliphatic rings. The fraction of sp³-hybridized carbons (Fsp3) is 0.200. The highest BCUT2D eigenvalue weighted by molar-refractivity contribution is 14.1. The SMILES string of the molecule is CONC(=O)c1cn(C)c(=O)c(C)c1Nc1ccc(I)cc1F. The standard InChI is InChI=1S/C15H15FIN3O3/c1-8-13(18-12-5-4-9(17)6-11(12)16)10(14(21)19-23-3)7-20(2)15(8)22/h4-7,18H,1-3H3,(H,19,21). The van der Waals surface area contributed by atoms with Crippen molar-refractivity contribution >= 4 is 39.9 Å². The lowest BCUT2D eigenvalue weighted by Gasteiger charge is -2.16. The highest BCUT2D eigenvalue weighted by Gasteiger charge is 2.18. The van der Waals surface area contributed by atoms with Crippen LogP contribution in [-0.4, -0.2) is 17.6 Å². The molecule has 23 heavy (non-hydrogen) atoms. The van der Waals surface area contributed by atoms with Crippen LogP contribution in [0.2, 0.25) is 0 Å². The van der Waals surface area contributed by atoms with Crippen molar-refractivity contribution in [3.05, 3.63) is 55.3 Å². The van der Waals surface area contributed by atoms with E-state index >= 15 is 0 Å².